The van der Waals surface area contributed by atoms with E-state index < -0.39 is 0 Å². The van der Waals surface area contributed by atoms with Gasteiger partial charge in [0.25, 0.3) is 5.91 Å². The lowest BCUT2D eigenvalue weighted by Gasteiger charge is -2.31. The maximum atomic E-state index is 12.4. The van der Waals surface area contributed by atoms with E-state index in [1.807, 2.05) is 38.1 Å². The molecular formula is C20H32N2O3. The molecule has 0 aliphatic carbocycles. The van der Waals surface area contributed by atoms with Gasteiger partial charge in [-0.1, -0.05) is 26.0 Å². The van der Waals surface area contributed by atoms with Crippen molar-refractivity contribution in [3.63, 3.8) is 0 Å². The van der Waals surface area contributed by atoms with E-state index in [0.717, 1.165) is 32.5 Å². The van der Waals surface area contributed by atoms with Crippen molar-refractivity contribution in [3.8, 4) is 0 Å². The molecule has 5 nitrogen and oxygen atoms in total. The van der Waals surface area contributed by atoms with Crippen LogP contribution in [0.4, 0.5) is 0 Å². The van der Waals surface area contributed by atoms with Crippen LogP contribution in [-0.4, -0.2) is 53.4 Å². The summed E-state index contributed by atoms with van der Waals surface area (Å²) in [6, 6.07) is 7.78. The minimum atomic E-state index is -0.0811. The molecule has 1 atom stereocenters. The van der Waals surface area contributed by atoms with Gasteiger partial charge in [-0.05, 0) is 61.9 Å². The van der Waals surface area contributed by atoms with Crippen molar-refractivity contribution in [1.29, 1.82) is 0 Å². The van der Waals surface area contributed by atoms with Gasteiger partial charge in [0, 0.05) is 31.4 Å². The van der Waals surface area contributed by atoms with E-state index in [2.05, 4.69) is 10.2 Å². The molecule has 1 aliphatic rings. The molecule has 1 aliphatic heterocycles. The Kier molecular flexibility index (Phi) is 7.88. The average molecular weight is 348 g/mol. The number of carbonyl (C=O) groups is 1. The average Bonchev–Trinajstić information content (AvgIpc) is 2.62. The van der Waals surface area contributed by atoms with Gasteiger partial charge >= 0.3 is 0 Å². The fraction of sp³-hybridized carbons (Fsp3) is 0.650. The van der Waals surface area contributed by atoms with Crippen molar-refractivity contribution in [2.24, 2.45) is 11.8 Å². The van der Waals surface area contributed by atoms with E-state index in [-0.39, 0.29) is 24.5 Å². The molecule has 0 aromatic heterocycles. The first-order valence-corrected chi connectivity index (χ1v) is 9.37. The molecule has 5 heteroatoms. The first-order chi connectivity index (χ1) is 12.0. The number of piperidine rings is 1. The Morgan fingerprint density at radius 1 is 1.20 bits per heavy atom. The molecule has 0 radical (unpaired) electrons. The Labute approximate surface area is 151 Å². The van der Waals surface area contributed by atoms with Crippen LogP contribution in [0.3, 0.4) is 0 Å². The topological polar surface area (TPSA) is 72.8 Å². The Hall–Kier alpha value is -1.43. The second-order valence-corrected chi connectivity index (χ2v) is 7.44. The molecule has 1 saturated heterocycles. The third-order valence-corrected chi connectivity index (χ3v) is 5.15. The van der Waals surface area contributed by atoms with Gasteiger partial charge in [0.2, 0.25) is 0 Å². The number of carbonyl (C=O) groups excluding carboxylic acids is 1. The van der Waals surface area contributed by atoms with Crippen LogP contribution in [0.5, 0.6) is 0 Å². The lowest BCUT2D eigenvalue weighted by atomic mass is 9.97. The summed E-state index contributed by atoms with van der Waals surface area (Å²) in [5.74, 6) is 0.662. The van der Waals surface area contributed by atoms with Crippen molar-refractivity contribution in [1.82, 2.24) is 10.2 Å². The highest BCUT2D eigenvalue weighted by molar-refractivity contribution is 5.94. The minimum absolute atomic E-state index is 0.00926. The molecular weight excluding hydrogens is 316 g/mol. The quantitative estimate of drug-likeness (QED) is 0.672. The number of amides is 1. The molecule has 1 heterocycles. The maximum Gasteiger partial charge on any atom is 0.251 e. The summed E-state index contributed by atoms with van der Waals surface area (Å²) >= 11 is 0. The summed E-state index contributed by atoms with van der Waals surface area (Å²) in [6.45, 7) is 7.39. The molecule has 3 N–H and O–H groups in total. The normalized spacial score (nSPS) is 17.6. The summed E-state index contributed by atoms with van der Waals surface area (Å²) in [6.07, 6.45) is 2.68. The van der Waals surface area contributed by atoms with Gasteiger partial charge in [-0.15, -0.1) is 0 Å². The molecule has 0 bridgehead atoms. The number of benzene rings is 1. The highest BCUT2D eigenvalue weighted by Gasteiger charge is 2.19. The lowest BCUT2D eigenvalue weighted by molar-refractivity contribution is 0.0916. The molecule has 140 valence electrons. The standard InChI is InChI=1S/C20H32N2O3/c1-15(2)19(9-12-23)21-20(25)18-5-3-16(4-6-18)13-22-10-7-17(14-24)8-11-22/h3-6,15,17,19,23-24H,7-14H2,1-2H3,(H,21,25). The first-order valence-electron chi connectivity index (χ1n) is 9.37. The Bertz CT molecular complexity index is 522. The summed E-state index contributed by atoms with van der Waals surface area (Å²) in [5.41, 5.74) is 1.86. The molecule has 1 unspecified atom stereocenters. The summed E-state index contributed by atoms with van der Waals surface area (Å²) in [5, 5.41) is 21.3. The van der Waals surface area contributed by atoms with Gasteiger partial charge in [0.1, 0.15) is 0 Å². The number of aliphatic hydroxyl groups excluding tert-OH is 2. The fourth-order valence-corrected chi connectivity index (χ4v) is 3.31. The van der Waals surface area contributed by atoms with E-state index in [9.17, 15) is 9.90 Å². The number of nitrogens with one attached hydrogen (secondary N) is 1. The van der Waals surface area contributed by atoms with Crippen molar-refractivity contribution in [2.45, 2.75) is 45.7 Å². The fourth-order valence-electron chi connectivity index (χ4n) is 3.31. The van der Waals surface area contributed by atoms with Crippen LogP contribution in [0.1, 0.15) is 49.0 Å². The second-order valence-electron chi connectivity index (χ2n) is 7.44. The zero-order valence-corrected chi connectivity index (χ0v) is 15.4. The first kappa shape index (κ1) is 19.9. The van der Waals surface area contributed by atoms with Gasteiger partial charge in [-0.25, -0.2) is 0 Å². The summed E-state index contributed by atoms with van der Waals surface area (Å²) < 4.78 is 0. The zero-order chi connectivity index (χ0) is 18.2. The van der Waals surface area contributed by atoms with E-state index in [1.54, 1.807) is 0 Å². The SMILES string of the molecule is CC(C)C(CCO)NC(=O)c1ccc(CN2CCC(CO)CC2)cc1. The summed E-state index contributed by atoms with van der Waals surface area (Å²) in [7, 11) is 0. The third-order valence-electron chi connectivity index (χ3n) is 5.15. The Morgan fingerprint density at radius 3 is 2.36 bits per heavy atom. The lowest BCUT2D eigenvalue weighted by Crippen LogP contribution is -2.39. The van der Waals surface area contributed by atoms with Crippen LogP contribution in [0, 0.1) is 11.8 Å². The zero-order valence-electron chi connectivity index (χ0n) is 15.4. The van der Waals surface area contributed by atoms with E-state index in [4.69, 9.17) is 5.11 Å². The number of hydrogen-bond acceptors (Lipinski definition) is 4. The number of nitrogens with zero attached hydrogens (tertiary/aromatic N) is 1. The van der Waals surface area contributed by atoms with E-state index in [0.29, 0.717) is 24.5 Å². The monoisotopic (exact) mass is 348 g/mol. The van der Waals surface area contributed by atoms with Gasteiger partial charge in [0.05, 0.1) is 0 Å². The number of hydrogen-bond donors (Lipinski definition) is 3. The van der Waals surface area contributed by atoms with Crippen LogP contribution in [0.2, 0.25) is 0 Å². The van der Waals surface area contributed by atoms with E-state index >= 15 is 0 Å². The molecule has 25 heavy (non-hydrogen) atoms. The van der Waals surface area contributed by atoms with Crippen LogP contribution < -0.4 is 5.32 Å². The smallest absolute Gasteiger partial charge is 0.251 e. The highest BCUT2D eigenvalue weighted by Crippen LogP contribution is 2.18. The van der Waals surface area contributed by atoms with Gasteiger partial charge in [-0.2, -0.15) is 0 Å². The molecule has 1 aromatic rings. The molecule has 0 spiro atoms. The van der Waals surface area contributed by atoms with E-state index in [1.165, 1.54) is 5.56 Å². The third kappa shape index (κ3) is 6.10. The van der Waals surface area contributed by atoms with Crippen LogP contribution in [0.25, 0.3) is 0 Å². The Morgan fingerprint density at radius 2 is 1.84 bits per heavy atom. The molecule has 1 aromatic carbocycles. The van der Waals surface area contributed by atoms with Gasteiger partial charge in [0.15, 0.2) is 0 Å². The van der Waals surface area contributed by atoms with Gasteiger partial charge < -0.3 is 15.5 Å². The molecule has 2 rings (SSSR count). The van der Waals surface area contributed by atoms with Crippen LogP contribution in [0.15, 0.2) is 24.3 Å². The van der Waals surface area contributed by atoms with Crippen LogP contribution in [-0.2, 0) is 6.54 Å². The van der Waals surface area contributed by atoms with Crippen molar-refractivity contribution in [3.05, 3.63) is 35.4 Å². The number of aliphatic hydroxyl groups is 2. The van der Waals surface area contributed by atoms with Crippen molar-refractivity contribution in [2.75, 3.05) is 26.3 Å². The second kappa shape index (κ2) is 9.90. The maximum absolute atomic E-state index is 12.4. The minimum Gasteiger partial charge on any atom is -0.396 e. The number of rotatable bonds is 8. The summed E-state index contributed by atoms with van der Waals surface area (Å²) in [4.78, 5) is 14.8. The predicted octanol–water partition coefficient (Wildman–Crippen LogP) is 2.03. The molecule has 1 fully saturated rings. The number of likely N-dealkylation sites (tertiary alicyclic amines) is 1. The molecule has 1 amide bonds. The van der Waals surface area contributed by atoms with Crippen molar-refractivity contribution < 1.29 is 15.0 Å². The largest absolute Gasteiger partial charge is 0.396 e. The van der Waals surface area contributed by atoms with Gasteiger partial charge in [-0.3, -0.25) is 9.69 Å². The van der Waals surface area contributed by atoms with Crippen LogP contribution >= 0.6 is 0 Å². The predicted molar refractivity (Wildman–Crippen MR) is 99.3 cm³/mol. The molecule has 0 saturated carbocycles. The highest BCUT2D eigenvalue weighted by atomic mass is 16.3. The Balaban J connectivity index is 1.87. The van der Waals surface area contributed by atoms with Crippen molar-refractivity contribution >= 4 is 5.91 Å².